The summed E-state index contributed by atoms with van der Waals surface area (Å²) in [4.78, 5) is 12.8. The van der Waals surface area contributed by atoms with Gasteiger partial charge in [-0.25, -0.2) is 0 Å². The molecule has 2 aromatic heterocycles. The summed E-state index contributed by atoms with van der Waals surface area (Å²) < 4.78 is 1.88. The third-order valence-electron chi connectivity index (χ3n) is 4.20. The van der Waals surface area contributed by atoms with Gasteiger partial charge in [-0.15, -0.1) is 10.2 Å². The Morgan fingerprint density at radius 3 is 2.56 bits per heavy atom. The monoisotopic (exact) mass is 374 g/mol. The zero-order valence-electron chi connectivity index (χ0n) is 14.7. The van der Waals surface area contributed by atoms with Gasteiger partial charge in [0.25, 0.3) is 0 Å². The number of nitrogens with zero attached hydrogens (tertiary/aromatic N) is 3. The van der Waals surface area contributed by atoms with Gasteiger partial charge in [0, 0.05) is 17.4 Å². The fourth-order valence-corrected chi connectivity index (χ4v) is 3.65. The van der Waals surface area contributed by atoms with E-state index in [0.29, 0.717) is 5.16 Å². The second-order valence-corrected chi connectivity index (χ2v) is 7.38. The third-order valence-corrected chi connectivity index (χ3v) is 5.26. The smallest absolute Gasteiger partial charge is 0.237 e. The molecule has 0 aliphatic heterocycles. The zero-order chi connectivity index (χ0) is 18.6. The standard InChI is InChI=1S/C21H18N4OS/c1-15(27-21-24-23-19-13-7-8-14-25(19)21)20(26)22-18-12-6-5-11-17(18)16-9-3-2-4-10-16/h2-15H,1H3,(H,22,26). The lowest BCUT2D eigenvalue weighted by Crippen LogP contribution is -2.23. The average molecular weight is 374 g/mol. The molecular weight excluding hydrogens is 356 g/mol. The number of para-hydroxylation sites is 1. The number of nitrogens with one attached hydrogen (secondary N) is 1. The number of benzene rings is 2. The van der Waals surface area contributed by atoms with Gasteiger partial charge in [-0.05, 0) is 30.7 Å². The SMILES string of the molecule is CC(Sc1nnc2ccccn12)C(=O)Nc1ccccc1-c1ccccc1. The van der Waals surface area contributed by atoms with Crippen molar-refractivity contribution in [3.8, 4) is 11.1 Å². The van der Waals surface area contributed by atoms with Gasteiger partial charge < -0.3 is 5.32 Å². The molecule has 1 unspecified atom stereocenters. The van der Waals surface area contributed by atoms with E-state index in [2.05, 4.69) is 15.5 Å². The van der Waals surface area contributed by atoms with Gasteiger partial charge in [0.2, 0.25) is 5.91 Å². The first-order valence-corrected chi connectivity index (χ1v) is 9.52. The maximum Gasteiger partial charge on any atom is 0.237 e. The Morgan fingerprint density at radius 1 is 0.963 bits per heavy atom. The van der Waals surface area contributed by atoms with Crippen LogP contribution in [0.3, 0.4) is 0 Å². The predicted molar refractivity (Wildman–Crippen MR) is 109 cm³/mol. The molecule has 0 fully saturated rings. The molecule has 27 heavy (non-hydrogen) atoms. The van der Waals surface area contributed by atoms with E-state index in [9.17, 15) is 4.79 Å². The molecule has 0 radical (unpaired) electrons. The molecule has 0 spiro atoms. The highest BCUT2D eigenvalue weighted by Crippen LogP contribution is 2.29. The van der Waals surface area contributed by atoms with Gasteiger partial charge in [0.05, 0.1) is 5.25 Å². The highest BCUT2D eigenvalue weighted by molar-refractivity contribution is 8.00. The minimum absolute atomic E-state index is 0.0731. The Hall–Kier alpha value is -3.12. The molecule has 0 bridgehead atoms. The maximum atomic E-state index is 12.8. The fraction of sp³-hybridized carbons (Fsp3) is 0.0952. The number of pyridine rings is 1. The quantitative estimate of drug-likeness (QED) is 0.522. The lowest BCUT2D eigenvalue weighted by molar-refractivity contribution is -0.115. The van der Waals surface area contributed by atoms with Crippen molar-refractivity contribution in [2.24, 2.45) is 0 Å². The number of fused-ring (bicyclic) bond motifs is 1. The number of aromatic nitrogens is 3. The number of rotatable bonds is 5. The van der Waals surface area contributed by atoms with Crippen molar-refractivity contribution in [1.29, 1.82) is 0 Å². The van der Waals surface area contributed by atoms with Crippen LogP contribution >= 0.6 is 11.8 Å². The zero-order valence-corrected chi connectivity index (χ0v) is 15.6. The molecule has 0 saturated heterocycles. The summed E-state index contributed by atoms with van der Waals surface area (Å²) >= 11 is 1.39. The van der Waals surface area contributed by atoms with Gasteiger partial charge in [-0.1, -0.05) is 66.4 Å². The van der Waals surface area contributed by atoms with E-state index < -0.39 is 0 Å². The first-order chi connectivity index (χ1) is 13.2. The molecule has 0 aliphatic rings. The number of hydrogen-bond acceptors (Lipinski definition) is 4. The highest BCUT2D eigenvalue weighted by Gasteiger charge is 2.19. The van der Waals surface area contributed by atoms with Crippen LogP contribution in [-0.2, 0) is 4.79 Å². The highest BCUT2D eigenvalue weighted by atomic mass is 32.2. The number of carbonyl (C=O) groups is 1. The number of anilines is 1. The molecule has 1 amide bonds. The summed E-state index contributed by atoms with van der Waals surface area (Å²) in [6.07, 6.45) is 1.90. The molecule has 1 N–H and O–H groups in total. The van der Waals surface area contributed by atoms with E-state index in [-0.39, 0.29) is 11.2 Å². The molecule has 134 valence electrons. The van der Waals surface area contributed by atoms with E-state index in [4.69, 9.17) is 0 Å². The van der Waals surface area contributed by atoms with Crippen molar-refractivity contribution in [3.05, 3.63) is 79.0 Å². The first-order valence-electron chi connectivity index (χ1n) is 8.64. The van der Waals surface area contributed by atoms with Gasteiger partial charge in [-0.2, -0.15) is 0 Å². The van der Waals surface area contributed by atoms with Crippen LogP contribution in [-0.4, -0.2) is 25.8 Å². The normalized spacial score (nSPS) is 12.0. The second-order valence-electron chi connectivity index (χ2n) is 6.07. The predicted octanol–water partition coefficient (Wildman–Crippen LogP) is 4.52. The fourth-order valence-electron chi connectivity index (χ4n) is 2.81. The van der Waals surface area contributed by atoms with Crippen molar-refractivity contribution in [1.82, 2.24) is 14.6 Å². The van der Waals surface area contributed by atoms with Crippen molar-refractivity contribution < 1.29 is 4.79 Å². The first kappa shape index (κ1) is 17.3. The van der Waals surface area contributed by atoms with Crippen molar-refractivity contribution in [3.63, 3.8) is 0 Å². The molecule has 4 aromatic rings. The van der Waals surface area contributed by atoms with E-state index in [1.165, 1.54) is 11.8 Å². The van der Waals surface area contributed by atoms with E-state index in [1.54, 1.807) is 0 Å². The van der Waals surface area contributed by atoms with Gasteiger partial charge in [0.1, 0.15) is 0 Å². The second kappa shape index (κ2) is 7.63. The van der Waals surface area contributed by atoms with Crippen LogP contribution in [0.4, 0.5) is 5.69 Å². The Morgan fingerprint density at radius 2 is 1.70 bits per heavy atom. The Kier molecular flexibility index (Phi) is 4.89. The number of thioether (sulfide) groups is 1. The van der Waals surface area contributed by atoms with Gasteiger partial charge in [0.15, 0.2) is 10.8 Å². The summed E-state index contributed by atoms with van der Waals surface area (Å²) in [5, 5.41) is 11.7. The minimum Gasteiger partial charge on any atom is -0.325 e. The molecule has 6 heteroatoms. The topological polar surface area (TPSA) is 59.3 Å². The lowest BCUT2D eigenvalue weighted by atomic mass is 10.0. The van der Waals surface area contributed by atoms with Crippen molar-refractivity contribution >= 4 is 29.0 Å². The van der Waals surface area contributed by atoms with E-state index in [1.807, 2.05) is 90.3 Å². The lowest BCUT2D eigenvalue weighted by Gasteiger charge is -2.14. The largest absolute Gasteiger partial charge is 0.325 e. The van der Waals surface area contributed by atoms with Crippen LogP contribution < -0.4 is 5.32 Å². The molecule has 1 atom stereocenters. The van der Waals surface area contributed by atoms with Gasteiger partial charge in [-0.3, -0.25) is 9.20 Å². The third kappa shape index (κ3) is 3.71. The number of carbonyl (C=O) groups excluding carboxylic acids is 1. The van der Waals surface area contributed by atoms with Crippen LogP contribution in [0.25, 0.3) is 16.8 Å². The van der Waals surface area contributed by atoms with Crippen molar-refractivity contribution in [2.45, 2.75) is 17.3 Å². The Bertz CT molecular complexity index is 1080. The molecule has 2 heterocycles. The summed E-state index contributed by atoms with van der Waals surface area (Å²) in [6, 6.07) is 23.6. The Balaban J connectivity index is 1.53. The summed E-state index contributed by atoms with van der Waals surface area (Å²) in [6.45, 7) is 1.87. The van der Waals surface area contributed by atoms with Crippen LogP contribution in [0.2, 0.25) is 0 Å². The minimum atomic E-state index is -0.318. The van der Waals surface area contributed by atoms with Gasteiger partial charge >= 0.3 is 0 Å². The summed E-state index contributed by atoms with van der Waals surface area (Å²) in [5.74, 6) is -0.0731. The van der Waals surface area contributed by atoms with Crippen LogP contribution in [0, 0.1) is 0 Å². The Labute approximate surface area is 161 Å². The molecule has 4 rings (SSSR count). The molecule has 2 aromatic carbocycles. The summed E-state index contributed by atoms with van der Waals surface area (Å²) in [5.41, 5.74) is 3.63. The van der Waals surface area contributed by atoms with E-state index >= 15 is 0 Å². The summed E-state index contributed by atoms with van der Waals surface area (Å²) in [7, 11) is 0. The van der Waals surface area contributed by atoms with Crippen LogP contribution in [0.1, 0.15) is 6.92 Å². The number of amides is 1. The van der Waals surface area contributed by atoms with Crippen LogP contribution in [0.5, 0.6) is 0 Å². The molecule has 0 aliphatic carbocycles. The molecule has 5 nitrogen and oxygen atoms in total. The van der Waals surface area contributed by atoms with E-state index in [0.717, 1.165) is 22.5 Å². The maximum absolute atomic E-state index is 12.8. The average Bonchev–Trinajstić information content (AvgIpc) is 3.12. The molecular formula is C21H18N4OS. The molecule has 0 saturated carbocycles. The van der Waals surface area contributed by atoms with Crippen LogP contribution in [0.15, 0.2) is 84.1 Å². The van der Waals surface area contributed by atoms with Crippen molar-refractivity contribution in [2.75, 3.05) is 5.32 Å². The number of hydrogen-bond donors (Lipinski definition) is 1.